The van der Waals surface area contributed by atoms with E-state index in [-0.39, 0.29) is 45.6 Å². The molecular weight excluding hydrogens is 713 g/mol. The number of anilines is 1. The number of esters is 1. The number of nitrogens with one attached hydrogen (secondary N) is 1. The van der Waals surface area contributed by atoms with Crippen molar-refractivity contribution < 1.29 is 33.4 Å². The fourth-order valence-corrected chi connectivity index (χ4v) is 7.41. The Balaban J connectivity index is 1.51. The highest BCUT2D eigenvalue weighted by Gasteiger charge is 2.42. The van der Waals surface area contributed by atoms with Gasteiger partial charge in [0.2, 0.25) is 11.7 Å². The number of aryl methyl sites for hydroxylation is 1. The number of carbonyl (C=O) groups is 3. The highest BCUT2D eigenvalue weighted by Crippen LogP contribution is 2.45. The fraction of sp³-hybridized carbons (Fsp3) is 0.395. The lowest BCUT2D eigenvalue weighted by molar-refractivity contribution is -0.168. The number of pyridine rings is 3. The van der Waals surface area contributed by atoms with Gasteiger partial charge in [-0.3, -0.25) is 14.5 Å². The predicted molar refractivity (Wildman–Crippen MR) is 201 cm³/mol. The van der Waals surface area contributed by atoms with Crippen LogP contribution in [0.5, 0.6) is 0 Å². The molecule has 4 N–H and O–H groups in total. The maximum Gasteiger partial charge on any atom is 0.417 e. The molecule has 0 saturated carbocycles. The second kappa shape index (κ2) is 15.0. The van der Waals surface area contributed by atoms with Crippen LogP contribution in [0.2, 0.25) is 0 Å². The van der Waals surface area contributed by atoms with Gasteiger partial charge < -0.3 is 39.7 Å². The fourth-order valence-electron chi connectivity index (χ4n) is 7.41. The molecule has 288 valence electrons. The molecule has 0 spiro atoms. The Bertz CT molecular complexity index is 2380. The number of fused-ring (bicyclic) bond motifs is 3. The van der Waals surface area contributed by atoms with Gasteiger partial charge in [-0.2, -0.15) is 5.26 Å². The maximum atomic E-state index is 14.7. The molecule has 1 amide bonds. The minimum atomic E-state index is -1.37. The quantitative estimate of drug-likeness (QED) is 0.119. The summed E-state index contributed by atoms with van der Waals surface area (Å²) in [7, 11) is 4.93. The lowest BCUT2D eigenvalue weighted by Crippen LogP contribution is -2.40. The monoisotopic (exact) mass is 755 g/mol. The minimum Gasteiger partial charge on any atom is -0.477 e. The molecule has 0 aromatic carbocycles. The zero-order chi connectivity index (χ0) is 40.0. The summed E-state index contributed by atoms with van der Waals surface area (Å²) >= 11 is 0. The topological polar surface area (TPSA) is 213 Å². The van der Waals surface area contributed by atoms with Gasteiger partial charge in [-0.25, -0.2) is 23.9 Å². The SMILES string of the molecule is C=C(F)/C=C(\c1[nH]c2ncc(-c3cnc4c(c3)c(=O)c(C(=O)O)cn4C)c(N3CC[C@H]4CN(C)C[C@H]43)c2c1C#N)N(C)C(=O)OC(C)OC(=O)C(N)C(C)C. The number of nitrogens with zero attached hydrogens (tertiary/aromatic N) is 7. The van der Waals surface area contributed by atoms with E-state index < -0.39 is 47.2 Å². The number of rotatable bonds is 10. The summed E-state index contributed by atoms with van der Waals surface area (Å²) in [5, 5.41) is 21.0. The average molecular weight is 756 g/mol. The Morgan fingerprint density at radius 2 is 1.93 bits per heavy atom. The number of nitriles is 1. The summed E-state index contributed by atoms with van der Waals surface area (Å²) in [6.07, 6.45) is 3.78. The first-order valence-corrected chi connectivity index (χ1v) is 17.6. The molecule has 0 bridgehead atoms. The van der Waals surface area contributed by atoms with Crippen LogP contribution in [0, 0.1) is 23.2 Å². The molecule has 4 atom stereocenters. The number of amides is 1. The number of aromatic carboxylic acids is 1. The third kappa shape index (κ3) is 7.13. The molecular formula is C38H42FN9O7. The number of H-pyrrole nitrogens is 1. The molecule has 2 aliphatic heterocycles. The number of aromatic amines is 1. The predicted octanol–water partition coefficient (Wildman–Crippen LogP) is 3.95. The van der Waals surface area contributed by atoms with Crippen LogP contribution in [0.1, 0.15) is 48.8 Å². The normalized spacial score (nSPS) is 18.3. The van der Waals surface area contributed by atoms with Crippen molar-refractivity contribution in [3.8, 4) is 17.2 Å². The minimum absolute atomic E-state index is 0.0292. The Kier molecular flexibility index (Phi) is 10.5. The molecule has 2 unspecified atom stereocenters. The van der Waals surface area contributed by atoms with Crippen molar-refractivity contribution in [2.45, 2.75) is 45.6 Å². The number of likely N-dealkylation sites (N-methyl/N-ethyl adjacent to an activating group) is 1. The molecule has 55 heavy (non-hydrogen) atoms. The van der Waals surface area contributed by atoms with Crippen LogP contribution < -0.4 is 16.1 Å². The van der Waals surface area contributed by atoms with Crippen LogP contribution in [0.3, 0.4) is 0 Å². The van der Waals surface area contributed by atoms with Gasteiger partial charge in [0.25, 0.3) is 0 Å². The number of nitrogens with two attached hydrogens (primary N) is 1. The number of carboxylic acid groups (broad SMARTS) is 1. The molecule has 2 aliphatic rings. The van der Waals surface area contributed by atoms with E-state index in [1.807, 2.05) is 7.05 Å². The molecule has 0 radical (unpaired) electrons. The summed E-state index contributed by atoms with van der Waals surface area (Å²) in [6, 6.07) is 2.90. The molecule has 2 fully saturated rings. The van der Waals surface area contributed by atoms with Crippen LogP contribution >= 0.6 is 0 Å². The number of hydrogen-bond donors (Lipinski definition) is 3. The van der Waals surface area contributed by atoms with E-state index in [0.29, 0.717) is 34.7 Å². The van der Waals surface area contributed by atoms with Crippen molar-refractivity contribution >= 4 is 51.5 Å². The zero-order valence-corrected chi connectivity index (χ0v) is 31.3. The number of carbonyl (C=O) groups excluding carboxylic acids is 2. The van der Waals surface area contributed by atoms with Crippen LogP contribution in [0.25, 0.3) is 38.9 Å². The number of likely N-dealkylation sites (tertiary alicyclic amines) is 1. The number of halogens is 1. The smallest absolute Gasteiger partial charge is 0.417 e. The lowest BCUT2D eigenvalue weighted by Gasteiger charge is -2.29. The van der Waals surface area contributed by atoms with E-state index in [0.717, 1.165) is 30.5 Å². The molecule has 6 rings (SSSR count). The lowest BCUT2D eigenvalue weighted by atomic mass is 9.99. The maximum absolute atomic E-state index is 14.7. The van der Waals surface area contributed by atoms with Gasteiger partial charge in [-0.1, -0.05) is 20.4 Å². The zero-order valence-electron chi connectivity index (χ0n) is 31.3. The van der Waals surface area contributed by atoms with Gasteiger partial charge in [0.05, 0.1) is 33.4 Å². The summed E-state index contributed by atoms with van der Waals surface area (Å²) in [4.78, 5) is 68.8. The van der Waals surface area contributed by atoms with Gasteiger partial charge in [0.1, 0.15) is 34.8 Å². The van der Waals surface area contributed by atoms with E-state index in [9.17, 15) is 33.9 Å². The van der Waals surface area contributed by atoms with Crippen molar-refractivity contribution in [1.82, 2.24) is 29.3 Å². The average Bonchev–Trinajstić information content (AvgIpc) is 3.82. The molecule has 6 heterocycles. The van der Waals surface area contributed by atoms with E-state index in [4.69, 9.17) is 15.2 Å². The van der Waals surface area contributed by atoms with E-state index in [2.05, 4.69) is 37.4 Å². The summed E-state index contributed by atoms with van der Waals surface area (Å²) in [5.41, 5.74) is 6.78. The number of carboxylic acids is 1. The van der Waals surface area contributed by atoms with E-state index >= 15 is 0 Å². The summed E-state index contributed by atoms with van der Waals surface area (Å²) < 4.78 is 26.7. The van der Waals surface area contributed by atoms with Crippen LogP contribution in [0.4, 0.5) is 14.9 Å². The number of hydrogen-bond acceptors (Lipinski definition) is 12. The summed E-state index contributed by atoms with van der Waals surface area (Å²) in [5.74, 6) is -2.99. The van der Waals surface area contributed by atoms with Crippen molar-refractivity contribution in [3.05, 3.63) is 70.2 Å². The van der Waals surface area contributed by atoms with Crippen LogP contribution in [-0.2, 0) is 21.3 Å². The van der Waals surface area contributed by atoms with Gasteiger partial charge >= 0.3 is 18.0 Å². The second-order valence-electron chi connectivity index (χ2n) is 14.3. The van der Waals surface area contributed by atoms with Crippen molar-refractivity contribution in [3.63, 3.8) is 0 Å². The molecule has 4 aromatic heterocycles. The highest BCUT2D eigenvalue weighted by molar-refractivity contribution is 6.06. The Morgan fingerprint density at radius 3 is 2.58 bits per heavy atom. The first-order chi connectivity index (χ1) is 26.0. The molecule has 17 heteroatoms. The van der Waals surface area contributed by atoms with Crippen molar-refractivity contribution in [1.29, 1.82) is 5.26 Å². The van der Waals surface area contributed by atoms with E-state index in [1.165, 1.54) is 24.7 Å². The second-order valence-corrected chi connectivity index (χ2v) is 14.3. The van der Waals surface area contributed by atoms with E-state index in [1.54, 1.807) is 39.4 Å². The van der Waals surface area contributed by atoms with Gasteiger partial charge in [0.15, 0.2) is 0 Å². The molecule has 4 aromatic rings. The Labute approximate surface area is 315 Å². The standard InChI is InChI=1S/C38H42FN9O7/c1-18(2)30(41)37(52)54-20(4)55-38(53)47(7)27(10-19(3)39)31-24(12-40)29-32(48-9-8-21-15-45(5)17-28(21)48)25(14-42-34(29)44-31)22-11-23-33(49)26(36(50)51)16-46(6)35(23)43-13-22/h10-11,13-14,16,18,20-21,28,30H,3,8-9,15,17,41H2,1-2,4-7H3,(H,42,44)(H,50,51)/b27-10+/t20?,21-,28+,30?/m0/s1. The van der Waals surface area contributed by atoms with Crippen molar-refractivity contribution in [2.75, 3.05) is 38.6 Å². The third-order valence-corrected chi connectivity index (χ3v) is 10.2. The number of allylic oxidation sites excluding steroid dienone is 2. The molecule has 2 saturated heterocycles. The molecule has 16 nitrogen and oxygen atoms in total. The third-order valence-electron chi connectivity index (χ3n) is 10.2. The van der Waals surface area contributed by atoms with Gasteiger partial charge in [-0.15, -0.1) is 0 Å². The summed E-state index contributed by atoms with van der Waals surface area (Å²) in [6.45, 7) is 10.4. The van der Waals surface area contributed by atoms with Crippen LogP contribution in [-0.4, -0.2) is 105 Å². The largest absolute Gasteiger partial charge is 0.477 e. The highest BCUT2D eigenvalue weighted by atomic mass is 19.1. The van der Waals surface area contributed by atoms with Crippen LogP contribution in [0.15, 0.2) is 47.9 Å². The Hall–Kier alpha value is -6.12. The first-order valence-electron chi connectivity index (χ1n) is 17.6. The van der Waals surface area contributed by atoms with Gasteiger partial charge in [-0.05, 0) is 37.4 Å². The number of aromatic nitrogens is 4. The van der Waals surface area contributed by atoms with Gasteiger partial charge in [0, 0.05) is 76.4 Å². The Morgan fingerprint density at radius 1 is 1.20 bits per heavy atom. The van der Waals surface area contributed by atoms with Crippen molar-refractivity contribution in [2.24, 2.45) is 24.6 Å². The molecule has 0 aliphatic carbocycles. The number of ether oxygens (including phenoxy) is 2. The first kappa shape index (κ1) is 38.6.